The number of aryl methyl sites for hydroxylation is 1. The molecule has 0 aliphatic rings. The number of nitrogens with zero attached hydrogens (tertiary/aromatic N) is 3. The molecule has 144 valence electrons. The lowest BCUT2D eigenvalue weighted by Crippen LogP contribution is -2.40. The molecule has 0 spiro atoms. The number of benzene rings is 1. The molecule has 2 heterocycles. The quantitative estimate of drug-likeness (QED) is 0.718. The summed E-state index contributed by atoms with van der Waals surface area (Å²) in [6.45, 7) is 0. The van der Waals surface area contributed by atoms with Gasteiger partial charge in [0.1, 0.15) is 5.56 Å². The van der Waals surface area contributed by atoms with Gasteiger partial charge in [-0.2, -0.15) is 0 Å². The number of hydrogen-bond acceptors (Lipinski definition) is 6. The van der Waals surface area contributed by atoms with Crippen LogP contribution in [0.4, 0.5) is 5.69 Å². The standard InChI is InChI=1S/C19H18N4O5/c1-22-11-13(18(25)23(2)19(22)26)17(24)21-12-8-9-16(20-10-12)28-15-7-5-4-6-14(15)27-3/h4-11H,1-3H3,(H,21,24). The van der Waals surface area contributed by atoms with Gasteiger partial charge in [0.15, 0.2) is 11.5 Å². The fourth-order valence-electron chi connectivity index (χ4n) is 2.49. The highest BCUT2D eigenvalue weighted by atomic mass is 16.5. The molecule has 0 atom stereocenters. The van der Waals surface area contributed by atoms with Crippen LogP contribution in [0.5, 0.6) is 17.4 Å². The summed E-state index contributed by atoms with van der Waals surface area (Å²) in [5.41, 5.74) is -0.974. The zero-order chi connectivity index (χ0) is 20.3. The number of anilines is 1. The van der Waals surface area contributed by atoms with Crippen LogP contribution >= 0.6 is 0 Å². The Kier molecular flexibility index (Phi) is 5.25. The van der Waals surface area contributed by atoms with E-state index in [1.165, 1.54) is 38.2 Å². The predicted octanol–water partition coefficient (Wildman–Crippen LogP) is 1.53. The van der Waals surface area contributed by atoms with Gasteiger partial charge in [-0.05, 0) is 18.2 Å². The van der Waals surface area contributed by atoms with Crippen molar-refractivity contribution >= 4 is 11.6 Å². The highest BCUT2D eigenvalue weighted by Crippen LogP contribution is 2.30. The van der Waals surface area contributed by atoms with Crippen molar-refractivity contribution in [3.8, 4) is 17.4 Å². The smallest absolute Gasteiger partial charge is 0.330 e. The number of amides is 1. The van der Waals surface area contributed by atoms with Crippen LogP contribution in [0.2, 0.25) is 0 Å². The molecule has 0 unspecified atom stereocenters. The number of carbonyl (C=O) groups is 1. The van der Waals surface area contributed by atoms with E-state index < -0.39 is 17.2 Å². The van der Waals surface area contributed by atoms with Gasteiger partial charge >= 0.3 is 5.69 Å². The van der Waals surface area contributed by atoms with Crippen molar-refractivity contribution in [2.24, 2.45) is 14.1 Å². The van der Waals surface area contributed by atoms with Gasteiger partial charge < -0.3 is 19.4 Å². The third-order valence-corrected chi connectivity index (χ3v) is 3.97. The van der Waals surface area contributed by atoms with Gasteiger partial charge in [0, 0.05) is 26.4 Å². The number of pyridine rings is 1. The maximum absolute atomic E-state index is 12.4. The fourth-order valence-corrected chi connectivity index (χ4v) is 2.49. The normalized spacial score (nSPS) is 10.4. The third kappa shape index (κ3) is 3.78. The van der Waals surface area contributed by atoms with Crippen molar-refractivity contribution in [3.63, 3.8) is 0 Å². The highest BCUT2D eigenvalue weighted by Gasteiger charge is 2.15. The van der Waals surface area contributed by atoms with Crippen molar-refractivity contribution in [3.05, 3.63) is 75.2 Å². The molecule has 0 bridgehead atoms. The maximum atomic E-state index is 12.4. The third-order valence-electron chi connectivity index (χ3n) is 3.97. The van der Waals surface area contributed by atoms with E-state index in [4.69, 9.17) is 9.47 Å². The van der Waals surface area contributed by atoms with Crippen molar-refractivity contribution in [2.45, 2.75) is 0 Å². The number of rotatable bonds is 5. The Morgan fingerprint density at radius 3 is 2.43 bits per heavy atom. The second-order valence-corrected chi connectivity index (χ2v) is 5.89. The molecule has 0 aliphatic carbocycles. The van der Waals surface area contributed by atoms with Gasteiger partial charge in [0.2, 0.25) is 5.88 Å². The van der Waals surface area contributed by atoms with Crippen molar-refractivity contribution < 1.29 is 14.3 Å². The Labute approximate surface area is 159 Å². The number of para-hydroxylation sites is 2. The van der Waals surface area contributed by atoms with E-state index >= 15 is 0 Å². The van der Waals surface area contributed by atoms with Crippen molar-refractivity contribution in [1.29, 1.82) is 0 Å². The molecule has 1 aromatic carbocycles. The molecule has 0 aliphatic heterocycles. The summed E-state index contributed by atoms with van der Waals surface area (Å²) in [6, 6.07) is 10.3. The summed E-state index contributed by atoms with van der Waals surface area (Å²) < 4.78 is 12.9. The van der Waals surface area contributed by atoms with E-state index in [0.29, 0.717) is 23.1 Å². The Morgan fingerprint density at radius 1 is 1.07 bits per heavy atom. The molecule has 0 saturated carbocycles. The van der Waals surface area contributed by atoms with Crippen LogP contribution < -0.4 is 26.0 Å². The Bertz CT molecular complexity index is 1130. The van der Waals surface area contributed by atoms with Crippen LogP contribution in [0.15, 0.2) is 58.4 Å². The molecule has 0 saturated heterocycles. The lowest BCUT2D eigenvalue weighted by molar-refractivity contribution is 0.102. The minimum atomic E-state index is -0.676. The summed E-state index contributed by atoms with van der Waals surface area (Å²) in [4.78, 5) is 40.4. The van der Waals surface area contributed by atoms with Crippen LogP contribution in [0.25, 0.3) is 0 Å². The van der Waals surface area contributed by atoms with E-state index in [-0.39, 0.29) is 5.56 Å². The van der Waals surface area contributed by atoms with E-state index in [9.17, 15) is 14.4 Å². The van der Waals surface area contributed by atoms with Gasteiger partial charge in [-0.3, -0.25) is 14.2 Å². The van der Waals surface area contributed by atoms with Gasteiger partial charge in [0.25, 0.3) is 11.5 Å². The first-order valence-corrected chi connectivity index (χ1v) is 8.25. The lowest BCUT2D eigenvalue weighted by atomic mass is 10.3. The fraction of sp³-hybridized carbons (Fsp3) is 0.158. The van der Waals surface area contributed by atoms with Crippen LogP contribution in [0, 0.1) is 0 Å². The monoisotopic (exact) mass is 382 g/mol. The number of aromatic nitrogens is 3. The van der Waals surface area contributed by atoms with E-state index in [1.54, 1.807) is 30.3 Å². The molecule has 2 aromatic heterocycles. The summed E-state index contributed by atoms with van der Waals surface area (Å²) in [5, 5.41) is 2.58. The highest BCUT2D eigenvalue weighted by molar-refractivity contribution is 6.03. The second kappa shape index (κ2) is 7.78. The average Bonchev–Trinajstić information content (AvgIpc) is 2.71. The van der Waals surface area contributed by atoms with Crippen molar-refractivity contribution in [2.75, 3.05) is 12.4 Å². The second-order valence-electron chi connectivity index (χ2n) is 5.89. The van der Waals surface area contributed by atoms with Gasteiger partial charge in [-0.15, -0.1) is 0 Å². The van der Waals surface area contributed by atoms with Crippen LogP contribution in [0.1, 0.15) is 10.4 Å². The summed E-state index contributed by atoms with van der Waals surface area (Å²) in [7, 11) is 4.31. The van der Waals surface area contributed by atoms with E-state index in [2.05, 4.69) is 10.3 Å². The summed E-state index contributed by atoms with van der Waals surface area (Å²) >= 11 is 0. The molecule has 3 aromatic rings. The van der Waals surface area contributed by atoms with E-state index in [1.807, 2.05) is 6.07 Å². The number of ether oxygens (including phenoxy) is 2. The minimum Gasteiger partial charge on any atom is -0.493 e. The van der Waals surface area contributed by atoms with Gasteiger partial charge in [0.05, 0.1) is 19.0 Å². The molecule has 9 nitrogen and oxygen atoms in total. The first-order valence-electron chi connectivity index (χ1n) is 8.25. The number of methoxy groups -OCH3 is 1. The molecular weight excluding hydrogens is 364 g/mol. The average molecular weight is 382 g/mol. The van der Waals surface area contributed by atoms with Gasteiger partial charge in [-0.25, -0.2) is 9.78 Å². The number of hydrogen-bond donors (Lipinski definition) is 1. The number of carbonyl (C=O) groups excluding carboxylic acids is 1. The zero-order valence-corrected chi connectivity index (χ0v) is 15.5. The van der Waals surface area contributed by atoms with Crippen LogP contribution in [-0.2, 0) is 14.1 Å². The van der Waals surface area contributed by atoms with Crippen LogP contribution in [-0.4, -0.2) is 27.1 Å². The molecule has 1 N–H and O–H groups in total. The molecule has 1 amide bonds. The summed E-state index contributed by atoms with van der Waals surface area (Å²) in [5.74, 6) is 0.729. The molecule has 28 heavy (non-hydrogen) atoms. The first kappa shape index (κ1) is 18.9. The molecule has 0 fully saturated rings. The largest absolute Gasteiger partial charge is 0.493 e. The first-order chi connectivity index (χ1) is 13.4. The van der Waals surface area contributed by atoms with E-state index in [0.717, 1.165) is 4.57 Å². The van der Waals surface area contributed by atoms with Crippen LogP contribution in [0.3, 0.4) is 0 Å². The topological polar surface area (TPSA) is 104 Å². The SMILES string of the molecule is COc1ccccc1Oc1ccc(NC(=O)c2cn(C)c(=O)n(C)c2=O)cn1. The number of nitrogens with one attached hydrogen (secondary N) is 1. The molecule has 3 rings (SSSR count). The predicted molar refractivity (Wildman–Crippen MR) is 102 cm³/mol. The lowest BCUT2D eigenvalue weighted by Gasteiger charge is -2.10. The Balaban J connectivity index is 1.77. The Hall–Kier alpha value is -3.88. The Morgan fingerprint density at radius 2 is 1.79 bits per heavy atom. The molecule has 9 heteroatoms. The van der Waals surface area contributed by atoms with Crippen molar-refractivity contribution in [1.82, 2.24) is 14.1 Å². The maximum Gasteiger partial charge on any atom is 0.330 e. The molecular formula is C19H18N4O5. The minimum absolute atomic E-state index is 0.154. The molecule has 0 radical (unpaired) electrons. The zero-order valence-electron chi connectivity index (χ0n) is 15.5. The van der Waals surface area contributed by atoms with Gasteiger partial charge in [-0.1, -0.05) is 12.1 Å². The summed E-state index contributed by atoms with van der Waals surface area (Å²) in [6.07, 6.45) is 2.60.